The summed E-state index contributed by atoms with van der Waals surface area (Å²) >= 11 is 0. The molecule has 0 spiro atoms. The third kappa shape index (κ3) is 4.79. The zero-order valence-corrected chi connectivity index (χ0v) is 16.9. The zero-order chi connectivity index (χ0) is 22.7. The predicted molar refractivity (Wildman–Crippen MR) is 108 cm³/mol. The molecule has 4 rings (SSSR count). The van der Waals surface area contributed by atoms with Gasteiger partial charge in [-0.25, -0.2) is 17.9 Å². The molecule has 2 atom stereocenters. The molecule has 0 saturated carbocycles. The first-order valence-corrected chi connectivity index (χ1v) is 10.0. The molecule has 2 heterocycles. The van der Waals surface area contributed by atoms with E-state index >= 15 is 0 Å². The van der Waals surface area contributed by atoms with E-state index in [1.165, 1.54) is 15.8 Å². The maximum Gasteiger partial charge on any atom is 0.273 e. The number of nitrogens with zero attached hydrogens (tertiary/aromatic N) is 4. The van der Waals surface area contributed by atoms with Crippen LogP contribution in [-0.4, -0.2) is 50.5 Å². The molecule has 3 aromatic rings. The average molecular weight is 443 g/mol. The van der Waals surface area contributed by atoms with Gasteiger partial charge in [0, 0.05) is 18.5 Å². The molecule has 1 N–H and O–H groups in total. The standard InChI is InChI=1S/C22H20F3N5O2/c23-16-9-17(30(11-16)22(32)15-6-7-18(24)19(25)8-15)12-29-13-20(27-28-29)21(31)26-10-14-4-2-1-3-5-14/h1-8,13,16-17H,9-12H2,(H,26,31). The second-order valence-electron chi connectivity index (χ2n) is 7.57. The Hall–Kier alpha value is -3.69. The van der Waals surface area contributed by atoms with Crippen LogP contribution in [0.5, 0.6) is 0 Å². The quantitative estimate of drug-likeness (QED) is 0.636. The van der Waals surface area contributed by atoms with E-state index in [9.17, 15) is 22.8 Å². The lowest BCUT2D eigenvalue weighted by atomic mass is 10.1. The Morgan fingerprint density at radius 1 is 1.09 bits per heavy atom. The summed E-state index contributed by atoms with van der Waals surface area (Å²) in [5.41, 5.74) is 0.955. The summed E-state index contributed by atoms with van der Waals surface area (Å²) in [6.07, 6.45) is 0.225. The molecule has 1 fully saturated rings. The smallest absolute Gasteiger partial charge is 0.273 e. The van der Waals surface area contributed by atoms with Crippen LogP contribution in [0.4, 0.5) is 13.2 Å². The van der Waals surface area contributed by atoms with Crippen molar-refractivity contribution in [1.82, 2.24) is 25.2 Å². The maximum atomic E-state index is 14.1. The lowest BCUT2D eigenvalue weighted by Gasteiger charge is -2.24. The van der Waals surface area contributed by atoms with E-state index in [4.69, 9.17) is 0 Å². The predicted octanol–water partition coefficient (Wildman–Crippen LogP) is 2.74. The first kappa shape index (κ1) is 21.5. The van der Waals surface area contributed by atoms with Crippen molar-refractivity contribution in [3.05, 3.63) is 83.2 Å². The van der Waals surface area contributed by atoms with Gasteiger partial charge in [-0.05, 0) is 23.8 Å². The summed E-state index contributed by atoms with van der Waals surface area (Å²) in [5.74, 6) is -3.23. The van der Waals surface area contributed by atoms with Crippen molar-refractivity contribution in [2.75, 3.05) is 6.54 Å². The highest BCUT2D eigenvalue weighted by molar-refractivity contribution is 5.94. The summed E-state index contributed by atoms with van der Waals surface area (Å²) in [6.45, 7) is 0.269. The summed E-state index contributed by atoms with van der Waals surface area (Å²) in [4.78, 5) is 26.3. The number of hydrogen-bond donors (Lipinski definition) is 1. The van der Waals surface area contributed by atoms with Gasteiger partial charge in [-0.3, -0.25) is 9.59 Å². The fraction of sp³-hybridized carbons (Fsp3) is 0.273. The maximum absolute atomic E-state index is 14.1. The minimum Gasteiger partial charge on any atom is -0.347 e. The van der Waals surface area contributed by atoms with Crippen molar-refractivity contribution < 1.29 is 22.8 Å². The van der Waals surface area contributed by atoms with Gasteiger partial charge in [-0.2, -0.15) is 0 Å². The second kappa shape index (κ2) is 9.21. The number of nitrogens with one attached hydrogen (secondary N) is 1. The fourth-order valence-electron chi connectivity index (χ4n) is 3.65. The Kier molecular flexibility index (Phi) is 6.20. The number of rotatable bonds is 6. The van der Waals surface area contributed by atoms with Gasteiger partial charge in [0.2, 0.25) is 0 Å². The first-order chi connectivity index (χ1) is 15.4. The lowest BCUT2D eigenvalue weighted by molar-refractivity contribution is 0.0713. The van der Waals surface area contributed by atoms with Crippen LogP contribution in [0.3, 0.4) is 0 Å². The Labute approximate surface area is 181 Å². The third-order valence-electron chi connectivity index (χ3n) is 5.26. The van der Waals surface area contributed by atoms with Crippen LogP contribution in [-0.2, 0) is 13.1 Å². The first-order valence-electron chi connectivity index (χ1n) is 10.0. The van der Waals surface area contributed by atoms with Crippen LogP contribution in [0.15, 0.2) is 54.7 Å². The Balaban J connectivity index is 1.41. The van der Waals surface area contributed by atoms with E-state index < -0.39 is 35.7 Å². The zero-order valence-electron chi connectivity index (χ0n) is 16.9. The molecule has 1 saturated heterocycles. The molecule has 10 heteroatoms. The van der Waals surface area contributed by atoms with Gasteiger partial charge < -0.3 is 10.2 Å². The number of carbonyl (C=O) groups excluding carboxylic acids is 2. The molecule has 1 aliphatic rings. The Bertz CT molecular complexity index is 1120. The fourth-order valence-corrected chi connectivity index (χ4v) is 3.65. The molecular weight excluding hydrogens is 423 g/mol. The number of hydrogen-bond acceptors (Lipinski definition) is 4. The van der Waals surface area contributed by atoms with Crippen molar-refractivity contribution in [2.45, 2.75) is 31.7 Å². The number of amides is 2. The van der Waals surface area contributed by atoms with Crippen LogP contribution < -0.4 is 5.32 Å². The number of benzene rings is 2. The van der Waals surface area contributed by atoms with Crippen molar-refractivity contribution in [3.63, 3.8) is 0 Å². The van der Waals surface area contributed by atoms with E-state index in [-0.39, 0.29) is 30.8 Å². The molecule has 166 valence electrons. The number of alkyl halides is 1. The summed E-state index contributed by atoms with van der Waals surface area (Å²) in [6, 6.07) is 11.6. The van der Waals surface area contributed by atoms with Crippen LogP contribution in [0.25, 0.3) is 0 Å². The number of aromatic nitrogens is 3. The summed E-state index contributed by atoms with van der Waals surface area (Å²) in [5, 5.41) is 10.5. The molecule has 1 aliphatic heterocycles. The molecule has 2 unspecified atom stereocenters. The second-order valence-corrected chi connectivity index (χ2v) is 7.57. The van der Waals surface area contributed by atoms with Gasteiger partial charge >= 0.3 is 0 Å². The average Bonchev–Trinajstić information content (AvgIpc) is 3.41. The van der Waals surface area contributed by atoms with Crippen LogP contribution in [0.2, 0.25) is 0 Å². The van der Waals surface area contributed by atoms with Crippen LogP contribution in [0, 0.1) is 11.6 Å². The summed E-state index contributed by atoms with van der Waals surface area (Å²) in [7, 11) is 0. The van der Waals surface area contributed by atoms with Gasteiger partial charge in [0.1, 0.15) is 6.17 Å². The van der Waals surface area contributed by atoms with Crippen molar-refractivity contribution >= 4 is 11.8 Å². The summed E-state index contributed by atoms with van der Waals surface area (Å²) < 4.78 is 42.2. The van der Waals surface area contributed by atoms with E-state index in [1.807, 2.05) is 30.3 Å². The monoisotopic (exact) mass is 443 g/mol. The van der Waals surface area contributed by atoms with E-state index in [0.29, 0.717) is 6.54 Å². The molecule has 0 bridgehead atoms. The SMILES string of the molecule is O=C(NCc1ccccc1)c1cn(CC2CC(F)CN2C(=O)c2ccc(F)c(F)c2)nn1. The highest BCUT2D eigenvalue weighted by Crippen LogP contribution is 2.24. The normalized spacial score (nSPS) is 18.0. The van der Waals surface area contributed by atoms with Gasteiger partial charge in [-0.1, -0.05) is 35.5 Å². The van der Waals surface area contributed by atoms with E-state index in [2.05, 4.69) is 15.6 Å². The van der Waals surface area contributed by atoms with Gasteiger partial charge in [0.25, 0.3) is 11.8 Å². The largest absolute Gasteiger partial charge is 0.347 e. The highest BCUT2D eigenvalue weighted by Gasteiger charge is 2.36. The minimum atomic E-state index is -1.26. The van der Waals surface area contributed by atoms with Crippen molar-refractivity contribution in [2.24, 2.45) is 0 Å². The third-order valence-corrected chi connectivity index (χ3v) is 5.26. The lowest BCUT2D eigenvalue weighted by Crippen LogP contribution is -2.38. The van der Waals surface area contributed by atoms with Gasteiger partial charge in [0.05, 0.1) is 25.3 Å². The highest BCUT2D eigenvalue weighted by atomic mass is 19.2. The molecule has 32 heavy (non-hydrogen) atoms. The molecule has 2 aromatic carbocycles. The number of carbonyl (C=O) groups is 2. The number of likely N-dealkylation sites (tertiary alicyclic amines) is 1. The molecule has 0 radical (unpaired) electrons. The Morgan fingerprint density at radius 3 is 2.62 bits per heavy atom. The van der Waals surface area contributed by atoms with E-state index in [0.717, 1.165) is 23.8 Å². The molecule has 1 aromatic heterocycles. The van der Waals surface area contributed by atoms with E-state index in [1.54, 1.807) is 0 Å². The molecular formula is C22H20F3N5O2. The van der Waals surface area contributed by atoms with Crippen LogP contribution in [0.1, 0.15) is 32.8 Å². The minimum absolute atomic E-state index is 0.0603. The van der Waals surface area contributed by atoms with Crippen LogP contribution >= 0.6 is 0 Å². The number of halogens is 3. The molecule has 0 aliphatic carbocycles. The molecule has 7 nitrogen and oxygen atoms in total. The molecule has 2 amide bonds. The van der Waals surface area contributed by atoms with Crippen molar-refractivity contribution in [3.8, 4) is 0 Å². The van der Waals surface area contributed by atoms with Gasteiger partial charge in [-0.15, -0.1) is 5.10 Å². The van der Waals surface area contributed by atoms with Crippen molar-refractivity contribution in [1.29, 1.82) is 0 Å². The Morgan fingerprint density at radius 2 is 1.88 bits per heavy atom. The van der Waals surface area contributed by atoms with Gasteiger partial charge in [0.15, 0.2) is 17.3 Å². The topological polar surface area (TPSA) is 80.1 Å².